The van der Waals surface area contributed by atoms with Crippen LogP contribution in [-0.2, 0) is 7.05 Å². The molecule has 0 aliphatic carbocycles. The topological polar surface area (TPSA) is 84.5 Å². The maximum Gasteiger partial charge on any atom is 0.258 e. The van der Waals surface area contributed by atoms with Crippen LogP contribution in [0.5, 0.6) is 0 Å². The number of nitrogens with zero attached hydrogens (tertiary/aromatic N) is 5. The lowest BCUT2D eigenvalue weighted by Crippen LogP contribution is -2.21. The fourth-order valence-corrected chi connectivity index (χ4v) is 4.03. The molecule has 0 bridgehead atoms. The second-order valence-corrected chi connectivity index (χ2v) is 8.19. The maximum absolute atomic E-state index is 13.2. The van der Waals surface area contributed by atoms with Crippen molar-refractivity contribution < 1.29 is 0 Å². The molecule has 0 saturated heterocycles. The molecule has 4 heterocycles. The van der Waals surface area contributed by atoms with Gasteiger partial charge in [0.25, 0.3) is 5.56 Å². The SMILES string of the molecule is Cc1cc2c(cn1)cc(-c1cc(NC3=NC(c4ccccn4)=NCC3)ccc1C)c(=O)n2C. The van der Waals surface area contributed by atoms with Crippen LogP contribution in [0.4, 0.5) is 5.69 Å². The molecule has 1 aliphatic heterocycles. The first kappa shape index (κ1) is 20.8. The zero-order chi connectivity index (χ0) is 22.9. The number of benzene rings is 1. The molecule has 1 aliphatic rings. The Morgan fingerprint density at radius 2 is 1.88 bits per heavy atom. The molecule has 4 aromatic rings. The van der Waals surface area contributed by atoms with Crippen molar-refractivity contribution >= 4 is 28.3 Å². The van der Waals surface area contributed by atoms with E-state index in [1.165, 1.54) is 0 Å². The number of fused-ring (bicyclic) bond motifs is 1. The molecule has 0 spiro atoms. The molecule has 5 rings (SSSR count). The zero-order valence-corrected chi connectivity index (χ0v) is 18.8. The van der Waals surface area contributed by atoms with Crippen molar-refractivity contribution in [3.63, 3.8) is 0 Å². The highest BCUT2D eigenvalue weighted by Gasteiger charge is 2.15. The number of nitrogens with one attached hydrogen (secondary N) is 1. The van der Waals surface area contributed by atoms with Crippen molar-refractivity contribution in [1.82, 2.24) is 14.5 Å². The molecule has 0 radical (unpaired) electrons. The molecule has 164 valence electrons. The Morgan fingerprint density at radius 3 is 2.70 bits per heavy atom. The summed E-state index contributed by atoms with van der Waals surface area (Å²) in [5.74, 6) is 1.45. The van der Waals surface area contributed by atoms with Crippen LogP contribution in [0, 0.1) is 13.8 Å². The van der Waals surface area contributed by atoms with E-state index in [1.54, 1.807) is 17.8 Å². The van der Waals surface area contributed by atoms with Crippen LogP contribution in [-0.4, -0.2) is 32.8 Å². The Morgan fingerprint density at radius 1 is 1.00 bits per heavy atom. The number of aliphatic imine (C=N–C) groups is 2. The Balaban J connectivity index is 1.52. The van der Waals surface area contributed by atoms with Gasteiger partial charge in [-0.1, -0.05) is 12.1 Å². The third kappa shape index (κ3) is 4.05. The van der Waals surface area contributed by atoms with Crippen molar-refractivity contribution in [3.8, 4) is 11.1 Å². The zero-order valence-electron chi connectivity index (χ0n) is 18.8. The highest BCUT2D eigenvalue weighted by molar-refractivity contribution is 6.10. The van der Waals surface area contributed by atoms with Crippen LogP contribution < -0.4 is 10.9 Å². The van der Waals surface area contributed by atoms with Gasteiger partial charge in [0, 0.05) is 54.7 Å². The number of aromatic nitrogens is 3. The summed E-state index contributed by atoms with van der Waals surface area (Å²) in [6.45, 7) is 4.59. The average molecular weight is 437 g/mol. The maximum atomic E-state index is 13.2. The van der Waals surface area contributed by atoms with Gasteiger partial charge in [-0.25, -0.2) is 4.99 Å². The van der Waals surface area contributed by atoms with Crippen LogP contribution >= 0.6 is 0 Å². The van der Waals surface area contributed by atoms with E-state index in [9.17, 15) is 4.79 Å². The summed E-state index contributed by atoms with van der Waals surface area (Å²) < 4.78 is 1.69. The van der Waals surface area contributed by atoms with Crippen LogP contribution in [0.2, 0.25) is 0 Å². The first-order valence-corrected chi connectivity index (χ1v) is 10.9. The van der Waals surface area contributed by atoms with Gasteiger partial charge in [0.1, 0.15) is 11.5 Å². The van der Waals surface area contributed by atoms with Gasteiger partial charge in [-0.15, -0.1) is 0 Å². The number of aryl methyl sites for hydroxylation is 3. The number of hydrogen-bond donors (Lipinski definition) is 1. The van der Waals surface area contributed by atoms with Crippen molar-refractivity contribution in [3.05, 3.63) is 88.2 Å². The summed E-state index contributed by atoms with van der Waals surface area (Å²) in [4.78, 5) is 31.2. The third-order valence-corrected chi connectivity index (χ3v) is 5.81. The van der Waals surface area contributed by atoms with E-state index < -0.39 is 0 Å². The molecule has 7 nitrogen and oxygen atoms in total. The number of rotatable bonds is 3. The van der Waals surface area contributed by atoms with E-state index in [4.69, 9.17) is 0 Å². The van der Waals surface area contributed by atoms with Gasteiger partial charge in [-0.05, 0) is 61.4 Å². The molecule has 7 heteroatoms. The smallest absolute Gasteiger partial charge is 0.258 e. The second-order valence-electron chi connectivity index (χ2n) is 8.19. The van der Waals surface area contributed by atoms with Crippen molar-refractivity contribution in [2.75, 3.05) is 11.9 Å². The van der Waals surface area contributed by atoms with Gasteiger partial charge in [-0.3, -0.25) is 19.8 Å². The molecular formula is C26H24N6O. The largest absolute Gasteiger partial charge is 0.344 e. The molecule has 0 fully saturated rings. The lowest BCUT2D eigenvalue weighted by atomic mass is 9.99. The predicted octanol–water partition coefficient (Wildman–Crippen LogP) is 4.27. The van der Waals surface area contributed by atoms with E-state index in [2.05, 4.69) is 25.3 Å². The van der Waals surface area contributed by atoms with E-state index in [0.717, 1.165) is 44.9 Å². The van der Waals surface area contributed by atoms with Gasteiger partial charge >= 0.3 is 0 Å². The quantitative estimate of drug-likeness (QED) is 0.520. The summed E-state index contributed by atoms with van der Waals surface area (Å²) in [5.41, 5.74) is 5.92. The summed E-state index contributed by atoms with van der Waals surface area (Å²) in [5, 5.41) is 4.35. The van der Waals surface area contributed by atoms with Crippen LogP contribution in [0.3, 0.4) is 0 Å². The minimum atomic E-state index is -0.0343. The summed E-state index contributed by atoms with van der Waals surface area (Å²) in [7, 11) is 1.81. The fourth-order valence-electron chi connectivity index (χ4n) is 4.03. The first-order valence-electron chi connectivity index (χ1n) is 10.9. The van der Waals surface area contributed by atoms with Gasteiger partial charge in [0.2, 0.25) is 0 Å². The van der Waals surface area contributed by atoms with E-state index in [0.29, 0.717) is 24.4 Å². The first-order chi connectivity index (χ1) is 16.0. The fraction of sp³-hybridized carbons (Fsp3) is 0.192. The van der Waals surface area contributed by atoms with Crippen molar-refractivity contribution in [1.29, 1.82) is 0 Å². The summed E-state index contributed by atoms with van der Waals surface area (Å²) in [6, 6.07) is 15.6. The Bertz CT molecular complexity index is 1480. The van der Waals surface area contributed by atoms with Gasteiger partial charge in [0.05, 0.1) is 5.52 Å². The monoisotopic (exact) mass is 436 g/mol. The summed E-state index contributed by atoms with van der Waals surface area (Å²) >= 11 is 0. The molecule has 0 unspecified atom stereocenters. The highest BCUT2D eigenvalue weighted by Crippen LogP contribution is 2.27. The molecule has 33 heavy (non-hydrogen) atoms. The van der Waals surface area contributed by atoms with Crippen molar-refractivity contribution in [2.45, 2.75) is 20.3 Å². The molecular weight excluding hydrogens is 412 g/mol. The molecule has 0 saturated carbocycles. The molecule has 1 N–H and O–H groups in total. The number of pyridine rings is 3. The lowest BCUT2D eigenvalue weighted by Gasteiger charge is -2.16. The van der Waals surface area contributed by atoms with E-state index in [-0.39, 0.29) is 5.56 Å². The predicted molar refractivity (Wildman–Crippen MR) is 133 cm³/mol. The van der Waals surface area contributed by atoms with Gasteiger partial charge < -0.3 is 9.88 Å². The number of amidine groups is 2. The van der Waals surface area contributed by atoms with Gasteiger partial charge in [0.15, 0.2) is 5.84 Å². The Kier molecular flexibility index (Phi) is 5.30. The Labute approximate surface area is 191 Å². The van der Waals surface area contributed by atoms with E-state index >= 15 is 0 Å². The standard InChI is InChI=1S/C26H24N6O/c1-16-7-8-19(30-24-9-11-28-25(31-24)22-6-4-5-10-27-22)14-20(16)21-13-18-15-29-17(2)12-23(18)32(3)26(21)33/h4-8,10,12-15H,9,11H2,1-3H3,(H,28,30,31). The van der Waals surface area contributed by atoms with Crippen LogP contribution in [0.25, 0.3) is 22.0 Å². The third-order valence-electron chi connectivity index (χ3n) is 5.81. The lowest BCUT2D eigenvalue weighted by molar-refractivity contribution is 0.905. The molecule has 3 aromatic heterocycles. The molecule has 0 amide bonds. The molecule has 0 atom stereocenters. The Hall–Kier alpha value is -4.13. The van der Waals surface area contributed by atoms with E-state index in [1.807, 2.05) is 68.6 Å². The van der Waals surface area contributed by atoms with Crippen LogP contribution in [0.15, 0.2) is 75.7 Å². The minimum absolute atomic E-state index is 0.0343. The van der Waals surface area contributed by atoms with Gasteiger partial charge in [-0.2, -0.15) is 0 Å². The molecule has 1 aromatic carbocycles. The summed E-state index contributed by atoms with van der Waals surface area (Å²) in [6.07, 6.45) is 4.27. The normalized spacial score (nSPS) is 13.5. The van der Waals surface area contributed by atoms with Crippen LogP contribution in [0.1, 0.15) is 23.4 Å². The highest BCUT2D eigenvalue weighted by atomic mass is 16.1. The second kappa shape index (κ2) is 8.43. The average Bonchev–Trinajstić information content (AvgIpc) is 2.84. The van der Waals surface area contributed by atoms with Crippen molar-refractivity contribution in [2.24, 2.45) is 17.0 Å². The number of anilines is 1. The minimum Gasteiger partial charge on any atom is -0.344 e. The number of hydrogen-bond acceptors (Lipinski definition) is 6.